The molecule has 5 rings (SSSR count). The van der Waals surface area contributed by atoms with Crippen molar-refractivity contribution in [3.05, 3.63) is 46.0 Å². The Balaban J connectivity index is 1.23. The topological polar surface area (TPSA) is 75.9 Å². The fraction of sp³-hybridized carbons (Fsp3) is 0.640. The summed E-state index contributed by atoms with van der Waals surface area (Å²) in [5.41, 5.74) is 2.89. The predicted molar refractivity (Wildman–Crippen MR) is 122 cm³/mol. The van der Waals surface area contributed by atoms with E-state index >= 15 is 0 Å². The molecule has 32 heavy (non-hydrogen) atoms. The monoisotopic (exact) mass is 439 g/mol. The van der Waals surface area contributed by atoms with Gasteiger partial charge in [0.25, 0.3) is 5.69 Å². The standard InChI is InChI=1S/C25H33N3O4/c1-17-4-3-9-25(2)15-23-20(14-22(17)25)21(24(29)32-23)16-26-10-12-27(13-11-26)18-5-7-19(8-6-18)28(30)31/h5-8,14,17,20-21,23H,3-4,9-13,15-16H2,1-2H3/t17-,20+,21+,23+,25+/m0/s1. The molecule has 0 bridgehead atoms. The minimum atomic E-state index is -0.368. The number of hydrogen-bond donors (Lipinski definition) is 0. The first-order valence-electron chi connectivity index (χ1n) is 12.0. The molecule has 7 nitrogen and oxygen atoms in total. The van der Waals surface area contributed by atoms with Gasteiger partial charge in [0.05, 0.1) is 10.8 Å². The maximum absolute atomic E-state index is 12.8. The van der Waals surface area contributed by atoms with Gasteiger partial charge in [0.2, 0.25) is 0 Å². The van der Waals surface area contributed by atoms with Gasteiger partial charge in [0.15, 0.2) is 0 Å². The number of nitro groups is 1. The lowest BCUT2D eigenvalue weighted by Crippen LogP contribution is -2.49. The minimum absolute atomic E-state index is 0.0236. The molecule has 172 valence electrons. The zero-order valence-corrected chi connectivity index (χ0v) is 19.0. The van der Waals surface area contributed by atoms with Crippen molar-refractivity contribution in [3.63, 3.8) is 0 Å². The Kier molecular flexibility index (Phi) is 5.48. The fourth-order valence-corrected chi connectivity index (χ4v) is 6.51. The minimum Gasteiger partial charge on any atom is -0.461 e. The second-order valence-electron chi connectivity index (χ2n) is 10.4. The third kappa shape index (κ3) is 3.81. The van der Waals surface area contributed by atoms with Gasteiger partial charge in [0.1, 0.15) is 6.10 Å². The van der Waals surface area contributed by atoms with E-state index in [1.807, 2.05) is 12.1 Å². The van der Waals surface area contributed by atoms with Crippen LogP contribution in [0.2, 0.25) is 0 Å². The summed E-state index contributed by atoms with van der Waals surface area (Å²) in [4.78, 5) is 28.0. The summed E-state index contributed by atoms with van der Waals surface area (Å²) in [6.07, 6.45) is 7.17. The maximum Gasteiger partial charge on any atom is 0.311 e. The van der Waals surface area contributed by atoms with Crippen molar-refractivity contribution in [3.8, 4) is 0 Å². The number of benzene rings is 1. The Hall–Kier alpha value is -2.41. The Labute approximate surface area is 189 Å². The van der Waals surface area contributed by atoms with E-state index in [0.717, 1.165) is 44.8 Å². The zero-order valence-electron chi connectivity index (χ0n) is 19.0. The highest BCUT2D eigenvalue weighted by Crippen LogP contribution is 2.54. The molecule has 2 aliphatic heterocycles. The number of nitrogens with zero attached hydrogens (tertiary/aromatic N) is 3. The molecule has 5 atom stereocenters. The second-order valence-corrected chi connectivity index (χ2v) is 10.4. The van der Waals surface area contributed by atoms with Crippen LogP contribution in [0.4, 0.5) is 11.4 Å². The largest absolute Gasteiger partial charge is 0.461 e. The molecule has 4 aliphatic rings. The average molecular weight is 440 g/mol. The smallest absolute Gasteiger partial charge is 0.311 e. The third-order valence-electron chi connectivity index (χ3n) is 8.33. The van der Waals surface area contributed by atoms with Crippen LogP contribution in [0, 0.1) is 33.3 Å². The van der Waals surface area contributed by atoms with E-state index in [9.17, 15) is 14.9 Å². The van der Waals surface area contributed by atoms with Gasteiger partial charge in [-0.2, -0.15) is 0 Å². The molecule has 1 saturated carbocycles. The summed E-state index contributed by atoms with van der Waals surface area (Å²) in [6, 6.07) is 6.77. The zero-order chi connectivity index (χ0) is 22.5. The lowest BCUT2D eigenvalue weighted by atomic mass is 9.59. The second kappa shape index (κ2) is 8.18. The van der Waals surface area contributed by atoms with Gasteiger partial charge >= 0.3 is 5.97 Å². The molecule has 1 aromatic carbocycles. The molecule has 2 aliphatic carbocycles. The summed E-state index contributed by atoms with van der Waals surface area (Å²) in [5.74, 6) is 0.719. The highest BCUT2D eigenvalue weighted by molar-refractivity contribution is 5.76. The quantitative estimate of drug-likeness (QED) is 0.305. The molecule has 2 heterocycles. The van der Waals surface area contributed by atoms with Crippen molar-refractivity contribution in [1.29, 1.82) is 0 Å². The first-order valence-corrected chi connectivity index (χ1v) is 12.0. The summed E-state index contributed by atoms with van der Waals surface area (Å²) >= 11 is 0. The number of ether oxygens (including phenoxy) is 1. The third-order valence-corrected chi connectivity index (χ3v) is 8.33. The maximum atomic E-state index is 12.8. The van der Waals surface area contributed by atoms with Gasteiger partial charge in [-0.3, -0.25) is 19.8 Å². The van der Waals surface area contributed by atoms with Crippen LogP contribution < -0.4 is 4.90 Å². The van der Waals surface area contributed by atoms with Crippen molar-refractivity contribution in [2.45, 2.75) is 45.6 Å². The van der Waals surface area contributed by atoms with E-state index in [-0.39, 0.29) is 39.9 Å². The van der Waals surface area contributed by atoms with Crippen molar-refractivity contribution >= 4 is 17.3 Å². The van der Waals surface area contributed by atoms with E-state index < -0.39 is 0 Å². The average Bonchev–Trinajstić information content (AvgIpc) is 3.06. The molecule has 7 heteroatoms. The molecule has 2 saturated heterocycles. The van der Waals surface area contributed by atoms with Crippen LogP contribution in [0.5, 0.6) is 0 Å². The molecule has 1 aromatic rings. The van der Waals surface area contributed by atoms with E-state index in [4.69, 9.17) is 4.74 Å². The van der Waals surface area contributed by atoms with Crippen molar-refractivity contribution in [2.24, 2.45) is 23.2 Å². The summed E-state index contributed by atoms with van der Waals surface area (Å²) < 4.78 is 5.91. The summed E-state index contributed by atoms with van der Waals surface area (Å²) in [7, 11) is 0. The molecule has 0 aromatic heterocycles. The predicted octanol–water partition coefficient (Wildman–Crippen LogP) is 4.03. The number of piperazine rings is 1. The van der Waals surface area contributed by atoms with Crippen molar-refractivity contribution < 1.29 is 14.5 Å². The van der Waals surface area contributed by atoms with Gasteiger partial charge in [0, 0.05) is 56.5 Å². The molecular weight excluding hydrogens is 406 g/mol. The van der Waals surface area contributed by atoms with Crippen LogP contribution >= 0.6 is 0 Å². The van der Waals surface area contributed by atoms with Crippen LogP contribution in [-0.2, 0) is 9.53 Å². The Morgan fingerprint density at radius 2 is 1.91 bits per heavy atom. The van der Waals surface area contributed by atoms with E-state index in [1.54, 1.807) is 17.7 Å². The molecule has 3 fully saturated rings. The van der Waals surface area contributed by atoms with Crippen LogP contribution in [0.3, 0.4) is 0 Å². The van der Waals surface area contributed by atoms with E-state index in [1.165, 1.54) is 19.3 Å². The molecular formula is C25H33N3O4. The number of carbonyl (C=O) groups is 1. The highest BCUT2D eigenvalue weighted by Gasteiger charge is 2.52. The number of allylic oxidation sites excluding steroid dienone is 1. The first-order chi connectivity index (χ1) is 15.3. The lowest BCUT2D eigenvalue weighted by molar-refractivity contribution is -0.384. The number of nitro benzene ring substituents is 1. The molecule has 0 N–H and O–H groups in total. The SMILES string of the molecule is C[C@H]1CCC[C@]2(C)C[C@H]3OC(=O)[C@H](CN4CCN(c5ccc([N+](=O)[O-])cc5)CC4)[C@H]3C=C12. The van der Waals surface area contributed by atoms with Gasteiger partial charge < -0.3 is 9.64 Å². The highest BCUT2D eigenvalue weighted by atomic mass is 16.6. The van der Waals surface area contributed by atoms with Gasteiger partial charge in [-0.15, -0.1) is 0 Å². The van der Waals surface area contributed by atoms with E-state index in [0.29, 0.717) is 5.92 Å². The van der Waals surface area contributed by atoms with Crippen molar-refractivity contribution in [1.82, 2.24) is 4.90 Å². The number of anilines is 1. The Bertz CT molecular complexity index is 922. The first kappa shape index (κ1) is 21.4. The van der Waals surface area contributed by atoms with Gasteiger partial charge in [-0.25, -0.2) is 0 Å². The molecule has 0 spiro atoms. The Morgan fingerprint density at radius 3 is 2.59 bits per heavy atom. The number of non-ortho nitro benzene ring substituents is 1. The van der Waals surface area contributed by atoms with Crippen LogP contribution in [-0.4, -0.2) is 54.6 Å². The normalized spacial score (nSPS) is 35.0. The number of carbonyl (C=O) groups excluding carboxylic acids is 1. The van der Waals surface area contributed by atoms with Crippen LogP contribution in [0.25, 0.3) is 0 Å². The van der Waals surface area contributed by atoms with Gasteiger partial charge in [-0.1, -0.05) is 31.9 Å². The fourth-order valence-electron chi connectivity index (χ4n) is 6.51. The van der Waals surface area contributed by atoms with Crippen LogP contribution in [0.1, 0.15) is 39.5 Å². The number of rotatable bonds is 4. The molecule has 0 unspecified atom stereocenters. The summed E-state index contributed by atoms with van der Waals surface area (Å²) in [6.45, 7) is 8.92. The molecule has 0 radical (unpaired) electrons. The number of fused-ring (bicyclic) bond motifs is 2. The molecule has 0 amide bonds. The van der Waals surface area contributed by atoms with Crippen LogP contribution in [0.15, 0.2) is 35.9 Å². The number of hydrogen-bond acceptors (Lipinski definition) is 6. The van der Waals surface area contributed by atoms with Gasteiger partial charge in [-0.05, 0) is 42.7 Å². The van der Waals surface area contributed by atoms with E-state index in [2.05, 4.69) is 29.7 Å². The summed E-state index contributed by atoms with van der Waals surface area (Å²) in [5, 5.41) is 10.9. The number of esters is 1. The lowest BCUT2D eigenvalue weighted by Gasteiger charge is -2.46. The van der Waals surface area contributed by atoms with Crippen molar-refractivity contribution in [2.75, 3.05) is 37.6 Å². The Morgan fingerprint density at radius 1 is 1.19 bits per heavy atom.